The van der Waals surface area contributed by atoms with Gasteiger partial charge in [0.1, 0.15) is 17.3 Å². The molecule has 2 rings (SSSR count). The molecule has 0 N–H and O–H groups in total. The van der Waals surface area contributed by atoms with Gasteiger partial charge >= 0.3 is 0 Å². The van der Waals surface area contributed by atoms with Crippen molar-refractivity contribution < 1.29 is 18.7 Å². The summed E-state index contributed by atoms with van der Waals surface area (Å²) in [5.41, 5.74) is 0.423. The highest BCUT2D eigenvalue weighted by Gasteiger charge is 2.07. The summed E-state index contributed by atoms with van der Waals surface area (Å²) in [6.07, 6.45) is 0. The van der Waals surface area contributed by atoms with Crippen LogP contribution in [0.3, 0.4) is 0 Å². The summed E-state index contributed by atoms with van der Waals surface area (Å²) in [6, 6.07) is 12.5. The molecule has 20 heavy (non-hydrogen) atoms. The smallest absolute Gasteiger partial charge is 0.200 e. The van der Waals surface area contributed by atoms with Crippen LogP contribution in [0.1, 0.15) is 17.3 Å². The van der Waals surface area contributed by atoms with Gasteiger partial charge in [-0.2, -0.15) is 0 Å². The Morgan fingerprint density at radius 3 is 2.35 bits per heavy atom. The Balaban J connectivity index is 1.96. The lowest BCUT2D eigenvalue weighted by molar-refractivity contribution is 0.0921. The van der Waals surface area contributed by atoms with Crippen molar-refractivity contribution in [3.8, 4) is 11.5 Å². The normalized spacial score (nSPS) is 10.1. The van der Waals surface area contributed by atoms with Crippen LogP contribution in [-0.4, -0.2) is 19.0 Å². The van der Waals surface area contributed by atoms with E-state index in [2.05, 4.69) is 0 Å². The second-order valence-corrected chi connectivity index (χ2v) is 4.13. The van der Waals surface area contributed by atoms with Crippen LogP contribution in [0.5, 0.6) is 11.5 Å². The first-order chi connectivity index (χ1) is 9.69. The molecule has 0 saturated carbocycles. The van der Waals surface area contributed by atoms with Crippen molar-refractivity contribution in [3.05, 3.63) is 59.9 Å². The zero-order chi connectivity index (χ0) is 14.4. The number of carbonyl (C=O) groups is 1. The first-order valence-corrected chi connectivity index (χ1v) is 6.33. The van der Waals surface area contributed by atoms with Gasteiger partial charge in [-0.3, -0.25) is 4.79 Å². The van der Waals surface area contributed by atoms with E-state index in [0.29, 0.717) is 23.7 Å². The van der Waals surface area contributed by atoms with Gasteiger partial charge in [0, 0.05) is 11.6 Å². The maximum Gasteiger partial charge on any atom is 0.200 e. The van der Waals surface area contributed by atoms with E-state index in [9.17, 15) is 9.18 Å². The minimum Gasteiger partial charge on any atom is -0.494 e. The SMILES string of the molecule is CCOc1cccc(OCC(=O)c2ccc(F)cc2)c1. The molecule has 0 radical (unpaired) electrons. The molecule has 0 heterocycles. The van der Waals surface area contributed by atoms with Crippen molar-refractivity contribution in [3.63, 3.8) is 0 Å². The fourth-order valence-electron chi connectivity index (χ4n) is 1.69. The third-order valence-corrected chi connectivity index (χ3v) is 2.65. The van der Waals surface area contributed by atoms with E-state index in [4.69, 9.17) is 9.47 Å². The Kier molecular flexibility index (Phi) is 4.71. The number of hydrogen-bond donors (Lipinski definition) is 0. The van der Waals surface area contributed by atoms with Gasteiger partial charge in [0.25, 0.3) is 0 Å². The second-order valence-electron chi connectivity index (χ2n) is 4.13. The predicted molar refractivity (Wildman–Crippen MR) is 73.8 cm³/mol. The molecule has 0 aliphatic carbocycles. The van der Waals surface area contributed by atoms with Crippen LogP contribution >= 0.6 is 0 Å². The number of rotatable bonds is 6. The molecule has 0 aromatic heterocycles. The first kappa shape index (κ1) is 14.1. The van der Waals surface area contributed by atoms with Gasteiger partial charge in [-0.15, -0.1) is 0 Å². The van der Waals surface area contributed by atoms with Gasteiger partial charge in [-0.25, -0.2) is 4.39 Å². The third-order valence-electron chi connectivity index (χ3n) is 2.65. The van der Waals surface area contributed by atoms with Crippen molar-refractivity contribution in [2.24, 2.45) is 0 Å². The lowest BCUT2D eigenvalue weighted by atomic mass is 10.1. The van der Waals surface area contributed by atoms with E-state index in [1.165, 1.54) is 24.3 Å². The van der Waals surface area contributed by atoms with E-state index in [0.717, 1.165) is 0 Å². The molecule has 0 aliphatic heterocycles. The average Bonchev–Trinajstić information content (AvgIpc) is 2.46. The van der Waals surface area contributed by atoms with Crippen LogP contribution in [-0.2, 0) is 0 Å². The zero-order valence-electron chi connectivity index (χ0n) is 11.1. The molecule has 0 saturated heterocycles. The molecule has 2 aromatic carbocycles. The molecule has 0 spiro atoms. The molecule has 0 bridgehead atoms. The Labute approximate surface area is 117 Å². The van der Waals surface area contributed by atoms with Gasteiger partial charge in [0.05, 0.1) is 6.61 Å². The Morgan fingerprint density at radius 2 is 1.70 bits per heavy atom. The minimum atomic E-state index is -0.369. The highest BCUT2D eigenvalue weighted by atomic mass is 19.1. The molecule has 0 fully saturated rings. The van der Waals surface area contributed by atoms with Crippen molar-refractivity contribution >= 4 is 5.78 Å². The van der Waals surface area contributed by atoms with Crippen molar-refractivity contribution in [1.29, 1.82) is 0 Å². The fourth-order valence-corrected chi connectivity index (χ4v) is 1.69. The summed E-state index contributed by atoms with van der Waals surface area (Å²) in [6.45, 7) is 2.37. The maximum atomic E-state index is 12.8. The van der Waals surface area contributed by atoms with Crippen molar-refractivity contribution in [1.82, 2.24) is 0 Å². The highest BCUT2D eigenvalue weighted by Crippen LogP contribution is 2.19. The predicted octanol–water partition coefficient (Wildman–Crippen LogP) is 3.49. The molecule has 0 amide bonds. The van der Waals surface area contributed by atoms with Crippen LogP contribution in [0.2, 0.25) is 0 Å². The van der Waals surface area contributed by atoms with Crippen LogP contribution in [0.4, 0.5) is 4.39 Å². The van der Waals surface area contributed by atoms with Crippen LogP contribution < -0.4 is 9.47 Å². The lowest BCUT2D eigenvalue weighted by Crippen LogP contribution is -2.11. The number of ketones is 1. The van der Waals surface area contributed by atoms with Crippen LogP contribution in [0.25, 0.3) is 0 Å². The zero-order valence-corrected chi connectivity index (χ0v) is 11.1. The van der Waals surface area contributed by atoms with Crippen molar-refractivity contribution in [2.75, 3.05) is 13.2 Å². The summed E-state index contributed by atoms with van der Waals surface area (Å²) in [5.74, 6) is 0.685. The van der Waals surface area contributed by atoms with E-state index in [1.807, 2.05) is 13.0 Å². The minimum absolute atomic E-state index is 0.0960. The van der Waals surface area contributed by atoms with E-state index >= 15 is 0 Å². The fraction of sp³-hybridized carbons (Fsp3) is 0.188. The maximum absolute atomic E-state index is 12.8. The Hall–Kier alpha value is -2.36. The lowest BCUT2D eigenvalue weighted by Gasteiger charge is -2.08. The number of hydrogen-bond acceptors (Lipinski definition) is 3. The summed E-state index contributed by atoms with van der Waals surface area (Å²) in [4.78, 5) is 11.9. The van der Waals surface area contributed by atoms with Gasteiger partial charge in [-0.05, 0) is 43.3 Å². The standard InChI is InChI=1S/C16H15FO3/c1-2-19-14-4-3-5-15(10-14)20-11-16(18)12-6-8-13(17)9-7-12/h3-10H,2,11H2,1H3. The number of ether oxygens (including phenoxy) is 2. The number of Topliss-reactive ketones (excluding diaryl/α,β-unsaturated/α-hetero) is 1. The van der Waals surface area contributed by atoms with E-state index in [-0.39, 0.29) is 18.2 Å². The molecule has 104 valence electrons. The molecule has 3 nitrogen and oxygen atoms in total. The number of carbonyl (C=O) groups excluding carboxylic acids is 1. The molecule has 2 aromatic rings. The molecule has 0 unspecified atom stereocenters. The van der Waals surface area contributed by atoms with Crippen molar-refractivity contribution in [2.45, 2.75) is 6.92 Å². The molecular formula is C16H15FO3. The second kappa shape index (κ2) is 6.70. The van der Waals surface area contributed by atoms with Gasteiger partial charge in [-0.1, -0.05) is 6.07 Å². The molecule has 0 aliphatic rings. The van der Waals surface area contributed by atoms with E-state index in [1.54, 1.807) is 18.2 Å². The van der Waals surface area contributed by atoms with Gasteiger partial charge < -0.3 is 9.47 Å². The number of benzene rings is 2. The van der Waals surface area contributed by atoms with Gasteiger partial charge in [0.15, 0.2) is 12.4 Å². The molecule has 4 heteroatoms. The highest BCUT2D eigenvalue weighted by molar-refractivity contribution is 5.97. The average molecular weight is 274 g/mol. The summed E-state index contributed by atoms with van der Waals surface area (Å²) in [7, 11) is 0. The molecule has 0 atom stereocenters. The van der Waals surface area contributed by atoms with Crippen LogP contribution in [0.15, 0.2) is 48.5 Å². The summed E-state index contributed by atoms with van der Waals surface area (Å²) in [5, 5.41) is 0. The first-order valence-electron chi connectivity index (χ1n) is 6.33. The molecular weight excluding hydrogens is 259 g/mol. The largest absolute Gasteiger partial charge is 0.494 e. The quantitative estimate of drug-likeness (QED) is 0.756. The summed E-state index contributed by atoms with van der Waals surface area (Å²) >= 11 is 0. The van der Waals surface area contributed by atoms with E-state index < -0.39 is 0 Å². The Morgan fingerprint density at radius 1 is 1.05 bits per heavy atom. The Bertz CT molecular complexity index is 579. The topological polar surface area (TPSA) is 35.5 Å². The number of halogens is 1. The third kappa shape index (κ3) is 3.82. The monoisotopic (exact) mass is 274 g/mol. The van der Waals surface area contributed by atoms with Gasteiger partial charge in [0.2, 0.25) is 0 Å². The summed E-state index contributed by atoms with van der Waals surface area (Å²) < 4.78 is 23.5. The van der Waals surface area contributed by atoms with Crippen LogP contribution in [0, 0.1) is 5.82 Å².